The van der Waals surface area contributed by atoms with E-state index in [1.54, 1.807) is 12.1 Å². The second-order valence-corrected chi connectivity index (χ2v) is 4.48. The van der Waals surface area contributed by atoms with Crippen molar-refractivity contribution in [3.63, 3.8) is 0 Å². The number of carbonyl (C=O) groups is 1. The van der Waals surface area contributed by atoms with Gasteiger partial charge in [0.05, 0.1) is 0 Å². The first-order valence-corrected chi connectivity index (χ1v) is 6.08. The third kappa shape index (κ3) is 2.47. The van der Waals surface area contributed by atoms with E-state index >= 15 is 0 Å². The Morgan fingerprint density at radius 1 is 1.00 bits per heavy atom. The fourth-order valence-electron chi connectivity index (χ4n) is 2.02. The number of hydrogen-bond acceptors (Lipinski definition) is 1. The first-order chi connectivity index (χ1) is 10.0. The smallest absolute Gasteiger partial charge is 0.272 e. The van der Waals surface area contributed by atoms with Crippen LogP contribution >= 0.6 is 0 Å². The molecule has 0 saturated carbocycles. The number of aromatic amines is 1. The average molecular weight is 290 g/mol. The highest BCUT2D eigenvalue weighted by Crippen LogP contribution is 2.19. The highest BCUT2D eigenvalue weighted by atomic mass is 19.2. The molecule has 1 heterocycles. The average Bonchev–Trinajstić information content (AvgIpc) is 2.88. The Morgan fingerprint density at radius 2 is 1.67 bits per heavy atom. The molecule has 1 aromatic heterocycles. The monoisotopic (exact) mass is 290 g/mol. The molecule has 3 aromatic rings. The van der Waals surface area contributed by atoms with Crippen LogP contribution in [0.15, 0.2) is 42.5 Å². The minimum absolute atomic E-state index is 0.157. The van der Waals surface area contributed by atoms with Crippen LogP contribution in [0.3, 0.4) is 0 Å². The zero-order chi connectivity index (χ0) is 15.0. The number of para-hydroxylation sites is 1. The summed E-state index contributed by atoms with van der Waals surface area (Å²) in [6.07, 6.45) is 0. The summed E-state index contributed by atoms with van der Waals surface area (Å²) in [7, 11) is 0. The molecule has 0 fully saturated rings. The van der Waals surface area contributed by atoms with Crippen molar-refractivity contribution in [2.75, 3.05) is 5.32 Å². The quantitative estimate of drug-likeness (QED) is 0.692. The summed E-state index contributed by atoms with van der Waals surface area (Å²) in [4.78, 5) is 14.9. The number of fused-ring (bicyclic) bond motifs is 1. The Bertz CT molecular complexity index is 786. The summed E-state index contributed by atoms with van der Waals surface area (Å²) in [5.74, 6) is -4.86. The maximum atomic E-state index is 13.1. The van der Waals surface area contributed by atoms with Gasteiger partial charge in [-0.2, -0.15) is 0 Å². The van der Waals surface area contributed by atoms with Crippen LogP contribution in [-0.4, -0.2) is 10.9 Å². The van der Waals surface area contributed by atoms with E-state index in [0.29, 0.717) is 0 Å². The molecule has 3 nitrogen and oxygen atoms in total. The molecule has 2 aromatic carbocycles. The third-order valence-electron chi connectivity index (χ3n) is 3.02. The van der Waals surface area contributed by atoms with Gasteiger partial charge < -0.3 is 10.3 Å². The van der Waals surface area contributed by atoms with Crippen molar-refractivity contribution in [1.82, 2.24) is 4.98 Å². The van der Waals surface area contributed by atoms with Gasteiger partial charge in [0.25, 0.3) is 5.91 Å². The van der Waals surface area contributed by atoms with Crippen molar-refractivity contribution in [2.24, 2.45) is 0 Å². The van der Waals surface area contributed by atoms with E-state index < -0.39 is 23.4 Å². The van der Waals surface area contributed by atoms with Crippen LogP contribution in [0.2, 0.25) is 0 Å². The molecule has 6 heteroatoms. The number of hydrogen-bond donors (Lipinski definition) is 2. The summed E-state index contributed by atoms with van der Waals surface area (Å²) in [6.45, 7) is 0. The molecule has 0 unspecified atom stereocenters. The van der Waals surface area contributed by atoms with E-state index in [9.17, 15) is 18.0 Å². The third-order valence-corrected chi connectivity index (χ3v) is 3.02. The van der Waals surface area contributed by atoms with Crippen LogP contribution in [0.5, 0.6) is 0 Å². The van der Waals surface area contributed by atoms with Gasteiger partial charge in [-0.1, -0.05) is 18.2 Å². The first kappa shape index (κ1) is 13.2. The summed E-state index contributed by atoms with van der Waals surface area (Å²) in [5, 5.41) is 3.14. The molecule has 0 aliphatic rings. The molecule has 0 spiro atoms. The van der Waals surface area contributed by atoms with E-state index in [2.05, 4.69) is 10.3 Å². The van der Waals surface area contributed by atoms with Gasteiger partial charge in [0.2, 0.25) is 0 Å². The van der Waals surface area contributed by atoms with Crippen molar-refractivity contribution in [3.05, 3.63) is 65.6 Å². The molecular formula is C15H9F3N2O. The molecule has 0 aliphatic carbocycles. The lowest BCUT2D eigenvalue weighted by Gasteiger charge is -2.05. The first-order valence-electron chi connectivity index (χ1n) is 6.08. The maximum absolute atomic E-state index is 13.1. The second kappa shape index (κ2) is 4.97. The van der Waals surface area contributed by atoms with Crippen LogP contribution in [0.4, 0.5) is 18.9 Å². The maximum Gasteiger partial charge on any atom is 0.272 e. The lowest BCUT2D eigenvalue weighted by atomic mass is 10.2. The minimum Gasteiger partial charge on any atom is -0.351 e. The Morgan fingerprint density at radius 3 is 2.33 bits per heavy atom. The summed E-state index contributed by atoms with van der Waals surface area (Å²) in [5.41, 5.74) is 0.843. The molecular weight excluding hydrogens is 281 g/mol. The number of nitrogens with one attached hydrogen (secondary N) is 2. The zero-order valence-corrected chi connectivity index (χ0v) is 10.6. The number of benzene rings is 2. The van der Waals surface area contributed by atoms with Gasteiger partial charge in [-0.05, 0) is 12.1 Å². The summed E-state index contributed by atoms with van der Waals surface area (Å²) < 4.78 is 39.0. The molecule has 1 amide bonds. The van der Waals surface area contributed by atoms with Gasteiger partial charge >= 0.3 is 0 Å². The standard InChI is InChI=1S/C15H9F3N2O/c16-10-6-9(7-11(17)14(10)18)19-15(21)13-5-8-3-1-2-4-12(8)20-13/h1-7,20H,(H,19,21). The van der Waals surface area contributed by atoms with Gasteiger partial charge in [0.1, 0.15) is 5.69 Å². The van der Waals surface area contributed by atoms with E-state index in [4.69, 9.17) is 0 Å². The van der Waals surface area contributed by atoms with Gasteiger partial charge in [-0.3, -0.25) is 4.79 Å². The molecule has 0 atom stereocenters. The van der Waals surface area contributed by atoms with Crippen molar-refractivity contribution >= 4 is 22.5 Å². The number of anilines is 1. The van der Waals surface area contributed by atoms with E-state index in [-0.39, 0.29) is 11.4 Å². The minimum atomic E-state index is -1.57. The van der Waals surface area contributed by atoms with Gasteiger partial charge in [-0.25, -0.2) is 13.2 Å². The fraction of sp³-hybridized carbons (Fsp3) is 0. The molecule has 0 saturated heterocycles. The van der Waals surface area contributed by atoms with Crippen molar-refractivity contribution in [2.45, 2.75) is 0 Å². The number of aromatic nitrogens is 1. The van der Waals surface area contributed by atoms with Crippen molar-refractivity contribution < 1.29 is 18.0 Å². The topological polar surface area (TPSA) is 44.9 Å². The fourth-order valence-corrected chi connectivity index (χ4v) is 2.02. The Balaban J connectivity index is 1.89. The lowest BCUT2D eigenvalue weighted by molar-refractivity contribution is 0.102. The Kier molecular flexibility index (Phi) is 3.13. The van der Waals surface area contributed by atoms with Gasteiger partial charge in [0.15, 0.2) is 17.5 Å². The second-order valence-electron chi connectivity index (χ2n) is 4.48. The van der Waals surface area contributed by atoms with Crippen LogP contribution in [-0.2, 0) is 0 Å². The zero-order valence-electron chi connectivity index (χ0n) is 10.6. The SMILES string of the molecule is O=C(Nc1cc(F)c(F)c(F)c1)c1cc2ccccc2[nH]1. The number of rotatable bonds is 2. The Hall–Kier alpha value is -2.76. The highest BCUT2D eigenvalue weighted by Gasteiger charge is 2.14. The molecule has 21 heavy (non-hydrogen) atoms. The van der Waals surface area contributed by atoms with E-state index in [0.717, 1.165) is 23.0 Å². The van der Waals surface area contributed by atoms with E-state index in [1.807, 2.05) is 18.2 Å². The molecule has 2 N–H and O–H groups in total. The van der Waals surface area contributed by atoms with Crippen LogP contribution < -0.4 is 5.32 Å². The normalized spacial score (nSPS) is 10.8. The van der Waals surface area contributed by atoms with Gasteiger partial charge in [-0.15, -0.1) is 0 Å². The number of carbonyl (C=O) groups excluding carboxylic acids is 1. The molecule has 3 rings (SSSR count). The highest BCUT2D eigenvalue weighted by molar-refractivity contribution is 6.05. The summed E-state index contributed by atoms with van der Waals surface area (Å²) >= 11 is 0. The van der Waals surface area contributed by atoms with Crippen molar-refractivity contribution in [1.29, 1.82) is 0 Å². The largest absolute Gasteiger partial charge is 0.351 e. The molecule has 0 aliphatic heterocycles. The van der Waals surface area contributed by atoms with E-state index in [1.165, 1.54) is 0 Å². The number of H-pyrrole nitrogens is 1. The lowest BCUT2D eigenvalue weighted by Crippen LogP contribution is -2.13. The van der Waals surface area contributed by atoms with Crippen LogP contribution in [0.1, 0.15) is 10.5 Å². The molecule has 0 radical (unpaired) electrons. The van der Waals surface area contributed by atoms with Crippen LogP contribution in [0.25, 0.3) is 10.9 Å². The predicted octanol–water partition coefficient (Wildman–Crippen LogP) is 3.84. The van der Waals surface area contributed by atoms with Crippen molar-refractivity contribution in [3.8, 4) is 0 Å². The molecule has 0 bridgehead atoms. The molecule has 106 valence electrons. The Labute approximate surface area is 117 Å². The number of amides is 1. The summed E-state index contributed by atoms with van der Waals surface area (Å²) in [6, 6.07) is 10.3. The van der Waals surface area contributed by atoms with Gasteiger partial charge in [0, 0.05) is 28.7 Å². The number of halogens is 3. The predicted molar refractivity (Wildman–Crippen MR) is 72.6 cm³/mol. The van der Waals surface area contributed by atoms with Crippen LogP contribution in [0, 0.1) is 17.5 Å².